The van der Waals surface area contributed by atoms with E-state index in [0.717, 1.165) is 37.3 Å². The van der Waals surface area contributed by atoms with E-state index < -0.39 is 5.97 Å². The number of carbonyl (C=O) groups is 2. The van der Waals surface area contributed by atoms with E-state index in [9.17, 15) is 9.59 Å². The van der Waals surface area contributed by atoms with Gasteiger partial charge in [-0.1, -0.05) is 18.2 Å². The summed E-state index contributed by atoms with van der Waals surface area (Å²) < 4.78 is 11.0. The van der Waals surface area contributed by atoms with E-state index in [1.54, 1.807) is 30.3 Å². The fourth-order valence-corrected chi connectivity index (χ4v) is 2.68. The van der Waals surface area contributed by atoms with Gasteiger partial charge in [-0.05, 0) is 49.5 Å². The number of aliphatic carboxylic acids is 1. The zero-order valence-corrected chi connectivity index (χ0v) is 13.5. The van der Waals surface area contributed by atoms with Crippen LogP contribution < -0.4 is 4.74 Å². The third kappa shape index (κ3) is 5.66. The highest BCUT2D eigenvalue weighted by Gasteiger charge is 2.27. The first kappa shape index (κ1) is 17.9. The van der Waals surface area contributed by atoms with Gasteiger partial charge in [-0.2, -0.15) is 0 Å². The third-order valence-electron chi connectivity index (χ3n) is 3.97. The van der Waals surface area contributed by atoms with Crippen LogP contribution in [-0.2, 0) is 14.3 Å². The van der Waals surface area contributed by atoms with Gasteiger partial charge in [0.15, 0.2) is 0 Å². The average Bonchev–Trinajstić information content (AvgIpc) is 2.59. The molecule has 1 aromatic rings. The van der Waals surface area contributed by atoms with Crippen LogP contribution in [0.4, 0.5) is 0 Å². The maximum Gasteiger partial charge on any atom is 0.328 e. The first-order valence-corrected chi connectivity index (χ1v) is 8.03. The molecule has 1 aliphatic rings. The van der Waals surface area contributed by atoms with Crippen molar-refractivity contribution in [3.63, 3.8) is 0 Å². The Hall–Kier alpha value is -2.40. The molecular weight excluding hydrogens is 308 g/mol. The first-order valence-electron chi connectivity index (χ1n) is 8.03. The van der Waals surface area contributed by atoms with Gasteiger partial charge in [0.05, 0.1) is 18.6 Å². The predicted molar refractivity (Wildman–Crippen MR) is 90.6 cm³/mol. The van der Waals surface area contributed by atoms with Gasteiger partial charge in [-0.15, -0.1) is 6.58 Å². The minimum absolute atomic E-state index is 0.0971. The van der Waals surface area contributed by atoms with Crippen molar-refractivity contribution >= 4 is 18.0 Å². The second kappa shape index (κ2) is 9.03. The topological polar surface area (TPSA) is 72.8 Å². The van der Waals surface area contributed by atoms with Gasteiger partial charge in [0.2, 0.25) is 0 Å². The summed E-state index contributed by atoms with van der Waals surface area (Å²) in [4.78, 5) is 22.7. The Morgan fingerprint density at radius 3 is 2.42 bits per heavy atom. The molecular formula is C19H22O5. The number of rotatable bonds is 7. The van der Waals surface area contributed by atoms with E-state index in [0.29, 0.717) is 12.4 Å². The minimum Gasteiger partial charge on any atom is -0.478 e. The van der Waals surface area contributed by atoms with Gasteiger partial charge >= 0.3 is 11.9 Å². The number of hydrogen-bond acceptors (Lipinski definition) is 4. The van der Waals surface area contributed by atoms with E-state index >= 15 is 0 Å². The van der Waals surface area contributed by atoms with Gasteiger partial charge in [-0.25, -0.2) is 4.79 Å². The number of carbonyl (C=O) groups excluding carboxylic acids is 1. The Bertz CT molecular complexity index is 595. The lowest BCUT2D eigenvalue weighted by molar-refractivity contribution is -0.141. The van der Waals surface area contributed by atoms with Crippen molar-refractivity contribution in [1.29, 1.82) is 0 Å². The monoisotopic (exact) mass is 330 g/mol. The Morgan fingerprint density at radius 1 is 1.17 bits per heavy atom. The fourth-order valence-electron chi connectivity index (χ4n) is 2.68. The molecule has 2 rings (SSSR count). The zero-order chi connectivity index (χ0) is 17.4. The molecule has 0 spiro atoms. The van der Waals surface area contributed by atoms with Crippen LogP contribution in [0.1, 0.15) is 31.2 Å². The molecule has 0 unspecified atom stereocenters. The molecule has 0 radical (unpaired) electrons. The summed E-state index contributed by atoms with van der Waals surface area (Å²) in [7, 11) is 0. The van der Waals surface area contributed by atoms with Crippen LogP contribution in [0.2, 0.25) is 0 Å². The van der Waals surface area contributed by atoms with Crippen molar-refractivity contribution in [2.75, 3.05) is 6.61 Å². The van der Waals surface area contributed by atoms with Gasteiger partial charge in [-0.3, -0.25) is 4.79 Å². The number of hydrogen-bond donors (Lipinski definition) is 1. The molecule has 0 atom stereocenters. The van der Waals surface area contributed by atoms with E-state index in [-0.39, 0.29) is 18.0 Å². The van der Waals surface area contributed by atoms with Crippen LogP contribution in [0.25, 0.3) is 6.08 Å². The van der Waals surface area contributed by atoms with Crippen LogP contribution in [0.15, 0.2) is 43.0 Å². The van der Waals surface area contributed by atoms with Crippen LogP contribution in [0.5, 0.6) is 5.75 Å². The Morgan fingerprint density at radius 2 is 1.83 bits per heavy atom. The summed E-state index contributed by atoms with van der Waals surface area (Å²) in [6, 6.07) is 6.75. The van der Waals surface area contributed by atoms with Gasteiger partial charge in [0.25, 0.3) is 0 Å². The molecule has 24 heavy (non-hydrogen) atoms. The first-order chi connectivity index (χ1) is 11.6. The minimum atomic E-state index is -1.00. The molecule has 1 aliphatic carbocycles. The third-order valence-corrected chi connectivity index (χ3v) is 3.97. The van der Waals surface area contributed by atoms with Crippen LogP contribution in [0, 0.1) is 5.92 Å². The molecule has 1 N–H and O–H groups in total. The van der Waals surface area contributed by atoms with E-state index in [1.807, 2.05) is 0 Å². The number of ether oxygens (including phenoxy) is 2. The molecule has 5 heteroatoms. The summed E-state index contributed by atoms with van der Waals surface area (Å²) in [6.45, 7) is 4.17. The molecule has 0 bridgehead atoms. The number of benzene rings is 1. The Labute approximate surface area is 141 Å². The Balaban J connectivity index is 1.82. The van der Waals surface area contributed by atoms with Crippen molar-refractivity contribution in [3.05, 3.63) is 48.6 Å². The average molecular weight is 330 g/mol. The van der Waals surface area contributed by atoms with E-state index in [2.05, 4.69) is 6.58 Å². The van der Waals surface area contributed by atoms with Gasteiger partial charge in [0, 0.05) is 6.08 Å². The quantitative estimate of drug-likeness (QED) is 0.359. The lowest BCUT2D eigenvalue weighted by Crippen LogP contribution is -2.28. The predicted octanol–water partition coefficient (Wildman–Crippen LogP) is 3.45. The summed E-state index contributed by atoms with van der Waals surface area (Å²) in [5.41, 5.74) is 0.733. The molecule has 128 valence electrons. The van der Waals surface area contributed by atoms with Crippen LogP contribution in [-0.4, -0.2) is 29.8 Å². The number of carboxylic acids is 1. The molecule has 5 nitrogen and oxygen atoms in total. The molecule has 1 fully saturated rings. The standard InChI is InChI=1S/C19H22O5/c1-2-13-23-16-10-6-15(7-11-16)19(22)24-17-8-3-14(4-9-17)5-12-18(20)21/h2-5,8-9,12,15-16H,1,6-7,10-11,13H2,(H,20,21). The molecule has 1 saturated carbocycles. The second-order valence-corrected chi connectivity index (χ2v) is 5.76. The molecule has 0 saturated heterocycles. The fraction of sp³-hybridized carbons (Fsp3) is 0.368. The molecule has 0 heterocycles. The lowest BCUT2D eigenvalue weighted by Gasteiger charge is -2.26. The summed E-state index contributed by atoms with van der Waals surface area (Å²) in [6.07, 6.45) is 7.72. The highest BCUT2D eigenvalue weighted by molar-refractivity contribution is 5.85. The SMILES string of the molecule is C=CCOC1CCC(C(=O)Oc2ccc(C=CC(=O)O)cc2)CC1. The van der Waals surface area contributed by atoms with Crippen molar-refractivity contribution < 1.29 is 24.2 Å². The summed E-state index contributed by atoms with van der Waals surface area (Å²) in [5, 5.41) is 8.59. The van der Waals surface area contributed by atoms with E-state index in [4.69, 9.17) is 14.6 Å². The van der Waals surface area contributed by atoms with Crippen molar-refractivity contribution in [1.82, 2.24) is 0 Å². The number of esters is 1. The lowest BCUT2D eigenvalue weighted by atomic mass is 9.87. The molecule has 0 aromatic heterocycles. The molecule has 1 aromatic carbocycles. The largest absolute Gasteiger partial charge is 0.478 e. The second-order valence-electron chi connectivity index (χ2n) is 5.76. The van der Waals surface area contributed by atoms with Crippen LogP contribution >= 0.6 is 0 Å². The smallest absolute Gasteiger partial charge is 0.328 e. The summed E-state index contributed by atoms with van der Waals surface area (Å²) in [5.74, 6) is -0.846. The van der Waals surface area contributed by atoms with Crippen molar-refractivity contribution in [2.45, 2.75) is 31.8 Å². The number of carboxylic acid groups (broad SMARTS) is 1. The van der Waals surface area contributed by atoms with E-state index in [1.165, 1.54) is 6.08 Å². The van der Waals surface area contributed by atoms with Crippen LogP contribution in [0.3, 0.4) is 0 Å². The highest BCUT2D eigenvalue weighted by atomic mass is 16.5. The molecule has 0 amide bonds. The van der Waals surface area contributed by atoms with Crippen molar-refractivity contribution in [2.24, 2.45) is 5.92 Å². The highest BCUT2D eigenvalue weighted by Crippen LogP contribution is 2.28. The maximum atomic E-state index is 12.2. The summed E-state index contributed by atoms with van der Waals surface area (Å²) >= 11 is 0. The molecule has 0 aliphatic heterocycles. The Kier molecular flexibility index (Phi) is 6.75. The van der Waals surface area contributed by atoms with Gasteiger partial charge in [0.1, 0.15) is 5.75 Å². The van der Waals surface area contributed by atoms with Gasteiger partial charge < -0.3 is 14.6 Å². The van der Waals surface area contributed by atoms with Crippen molar-refractivity contribution in [3.8, 4) is 5.75 Å². The zero-order valence-electron chi connectivity index (χ0n) is 13.5. The maximum absolute atomic E-state index is 12.2. The normalized spacial score (nSPS) is 20.7.